The van der Waals surface area contributed by atoms with E-state index in [0.717, 1.165) is 15.6 Å². The predicted octanol–water partition coefficient (Wildman–Crippen LogP) is 3.90. The zero-order valence-electron chi connectivity index (χ0n) is 10.3. The Morgan fingerprint density at radius 1 is 1.35 bits per heavy atom. The van der Waals surface area contributed by atoms with Gasteiger partial charge in [0.15, 0.2) is 5.78 Å². The minimum atomic E-state index is -0.757. The van der Waals surface area contributed by atoms with E-state index in [0.29, 0.717) is 6.61 Å². The number of carbonyl (C=O) groups excluding carboxylic acids is 1. The largest absolute Gasteiger partial charge is 0.368 e. The Balaban J connectivity index is 2.46. The molecule has 0 amide bonds. The lowest BCUT2D eigenvalue weighted by Gasteiger charge is -2.23. The lowest BCUT2D eigenvalue weighted by atomic mass is 9.96. The highest BCUT2D eigenvalue weighted by atomic mass is 32.1. The van der Waals surface area contributed by atoms with Gasteiger partial charge in [-0.2, -0.15) is 0 Å². The van der Waals surface area contributed by atoms with Gasteiger partial charge in [0.2, 0.25) is 0 Å². The molecule has 2 nitrogen and oxygen atoms in total. The first-order valence-electron chi connectivity index (χ1n) is 5.71. The van der Waals surface area contributed by atoms with Crippen LogP contribution in [0.4, 0.5) is 0 Å². The molecule has 0 saturated carbocycles. The molecule has 1 aromatic carbocycles. The highest BCUT2D eigenvalue weighted by Crippen LogP contribution is 2.28. The van der Waals surface area contributed by atoms with Crippen LogP contribution in [0.15, 0.2) is 29.6 Å². The van der Waals surface area contributed by atoms with E-state index >= 15 is 0 Å². The Labute approximate surface area is 105 Å². The van der Waals surface area contributed by atoms with E-state index in [1.165, 1.54) is 0 Å². The zero-order chi connectivity index (χ0) is 12.5. The molecular weight excluding hydrogens is 232 g/mol. The quantitative estimate of drug-likeness (QED) is 0.767. The normalized spacial score (nSPS) is 11.9. The molecule has 0 aliphatic rings. The van der Waals surface area contributed by atoms with Crippen LogP contribution in [0.25, 0.3) is 10.1 Å². The van der Waals surface area contributed by atoms with Gasteiger partial charge < -0.3 is 4.74 Å². The van der Waals surface area contributed by atoms with Gasteiger partial charge in [-0.25, -0.2) is 0 Å². The number of fused-ring (bicyclic) bond motifs is 1. The first-order chi connectivity index (χ1) is 8.06. The van der Waals surface area contributed by atoms with Gasteiger partial charge in [0.25, 0.3) is 0 Å². The smallest absolute Gasteiger partial charge is 0.195 e. The molecule has 0 unspecified atom stereocenters. The SMILES string of the molecule is CCOC(C)(C)C(=O)c1cccc2ccsc12. The fourth-order valence-corrected chi connectivity index (χ4v) is 2.83. The lowest BCUT2D eigenvalue weighted by molar-refractivity contribution is 0.00141. The molecule has 17 heavy (non-hydrogen) atoms. The molecule has 0 bridgehead atoms. The topological polar surface area (TPSA) is 26.3 Å². The average Bonchev–Trinajstić information content (AvgIpc) is 2.75. The van der Waals surface area contributed by atoms with Crippen LogP contribution in [0.5, 0.6) is 0 Å². The number of Topliss-reactive ketones (excluding diaryl/α,β-unsaturated/α-hetero) is 1. The summed E-state index contributed by atoms with van der Waals surface area (Å²) in [5.74, 6) is 0.0485. The van der Waals surface area contributed by atoms with Gasteiger partial charge in [-0.3, -0.25) is 4.79 Å². The molecule has 1 aromatic heterocycles. The molecule has 0 aliphatic carbocycles. The fraction of sp³-hybridized carbons (Fsp3) is 0.357. The van der Waals surface area contributed by atoms with E-state index in [-0.39, 0.29) is 5.78 Å². The molecule has 2 aromatic rings. The average molecular weight is 248 g/mol. The number of ether oxygens (including phenoxy) is 1. The van der Waals surface area contributed by atoms with E-state index in [1.807, 2.05) is 50.4 Å². The van der Waals surface area contributed by atoms with Gasteiger partial charge in [-0.05, 0) is 43.7 Å². The summed E-state index contributed by atoms with van der Waals surface area (Å²) in [5, 5.41) is 3.13. The van der Waals surface area contributed by atoms with Crippen molar-refractivity contribution in [2.75, 3.05) is 6.61 Å². The summed E-state index contributed by atoms with van der Waals surface area (Å²) in [5.41, 5.74) is 0.00322. The number of hydrogen-bond acceptors (Lipinski definition) is 3. The Morgan fingerprint density at radius 2 is 2.12 bits per heavy atom. The molecule has 0 fully saturated rings. The van der Waals surface area contributed by atoms with Crippen LogP contribution in [-0.4, -0.2) is 18.0 Å². The van der Waals surface area contributed by atoms with Gasteiger partial charge in [0.1, 0.15) is 5.60 Å². The van der Waals surface area contributed by atoms with Crippen molar-refractivity contribution >= 4 is 27.2 Å². The van der Waals surface area contributed by atoms with E-state index in [9.17, 15) is 4.79 Å². The first kappa shape index (κ1) is 12.3. The van der Waals surface area contributed by atoms with Gasteiger partial charge in [-0.15, -0.1) is 11.3 Å². The van der Waals surface area contributed by atoms with Gasteiger partial charge in [-0.1, -0.05) is 12.1 Å². The van der Waals surface area contributed by atoms with E-state index < -0.39 is 5.60 Å². The number of benzene rings is 1. The van der Waals surface area contributed by atoms with E-state index in [4.69, 9.17) is 4.74 Å². The summed E-state index contributed by atoms with van der Waals surface area (Å²) in [6, 6.07) is 7.85. The molecule has 2 rings (SSSR count). The second-order valence-electron chi connectivity index (χ2n) is 4.42. The van der Waals surface area contributed by atoms with Crippen molar-refractivity contribution in [3.63, 3.8) is 0 Å². The van der Waals surface area contributed by atoms with Crippen LogP contribution in [-0.2, 0) is 4.74 Å². The third-order valence-corrected chi connectivity index (χ3v) is 3.74. The molecule has 0 aliphatic heterocycles. The first-order valence-corrected chi connectivity index (χ1v) is 6.59. The van der Waals surface area contributed by atoms with Crippen LogP contribution in [0.2, 0.25) is 0 Å². The maximum absolute atomic E-state index is 12.4. The van der Waals surface area contributed by atoms with Gasteiger partial charge in [0, 0.05) is 16.9 Å². The van der Waals surface area contributed by atoms with Crippen molar-refractivity contribution in [2.24, 2.45) is 0 Å². The molecule has 0 spiro atoms. The Morgan fingerprint density at radius 3 is 2.82 bits per heavy atom. The molecule has 1 heterocycles. The zero-order valence-corrected chi connectivity index (χ0v) is 11.1. The van der Waals surface area contributed by atoms with Crippen molar-refractivity contribution in [2.45, 2.75) is 26.4 Å². The highest BCUT2D eigenvalue weighted by Gasteiger charge is 2.30. The molecule has 90 valence electrons. The predicted molar refractivity (Wildman–Crippen MR) is 71.9 cm³/mol. The monoisotopic (exact) mass is 248 g/mol. The minimum absolute atomic E-state index is 0.0485. The Kier molecular flexibility index (Phi) is 3.31. The minimum Gasteiger partial charge on any atom is -0.368 e. The summed E-state index contributed by atoms with van der Waals surface area (Å²) in [7, 11) is 0. The van der Waals surface area contributed by atoms with Gasteiger partial charge in [0.05, 0.1) is 0 Å². The van der Waals surface area contributed by atoms with Crippen LogP contribution in [0.3, 0.4) is 0 Å². The maximum Gasteiger partial charge on any atom is 0.195 e. The second-order valence-corrected chi connectivity index (χ2v) is 5.33. The molecule has 0 atom stereocenters. The Bertz CT molecular complexity index is 540. The van der Waals surface area contributed by atoms with Crippen molar-refractivity contribution in [3.05, 3.63) is 35.2 Å². The summed E-state index contributed by atoms with van der Waals surface area (Å²) in [6.45, 7) is 6.09. The number of carbonyl (C=O) groups is 1. The summed E-state index contributed by atoms with van der Waals surface area (Å²) in [4.78, 5) is 12.4. The standard InChI is InChI=1S/C14H16O2S/c1-4-16-14(2,3)13(15)11-7-5-6-10-8-9-17-12(10)11/h5-9H,4H2,1-3H3. The van der Waals surface area contributed by atoms with E-state index in [1.54, 1.807) is 11.3 Å². The van der Waals surface area contributed by atoms with Crippen molar-refractivity contribution < 1.29 is 9.53 Å². The van der Waals surface area contributed by atoms with Crippen molar-refractivity contribution in [1.82, 2.24) is 0 Å². The maximum atomic E-state index is 12.4. The number of rotatable bonds is 4. The van der Waals surface area contributed by atoms with Crippen molar-refractivity contribution in [3.8, 4) is 0 Å². The Hall–Kier alpha value is -1.19. The second kappa shape index (κ2) is 4.59. The summed E-state index contributed by atoms with van der Waals surface area (Å²) in [6.07, 6.45) is 0. The fourth-order valence-electron chi connectivity index (χ4n) is 1.92. The molecule has 3 heteroatoms. The van der Waals surface area contributed by atoms with E-state index in [2.05, 4.69) is 0 Å². The molecular formula is C14H16O2S. The summed E-state index contributed by atoms with van der Waals surface area (Å²) >= 11 is 1.60. The molecule has 0 saturated heterocycles. The van der Waals surface area contributed by atoms with Crippen LogP contribution >= 0.6 is 11.3 Å². The third kappa shape index (κ3) is 2.26. The lowest BCUT2D eigenvalue weighted by Crippen LogP contribution is -2.35. The number of hydrogen-bond donors (Lipinski definition) is 0. The van der Waals surface area contributed by atoms with Crippen molar-refractivity contribution in [1.29, 1.82) is 0 Å². The molecule has 0 radical (unpaired) electrons. The third-order valence-electron chi connectivity index (χ3n) is 2.78. The highest BCUT2D eigenvalue weighted by molar-refractivity contribution is 7.17. The van der Waals surface area contributed by atoms with Crippen LogP contribution in [0, 0.1) is 0 Å². The number of ketones is 1. The molecule has 0 N–H and O–H groups in total. The van der Waals surface area contributed by atoms with Crippen LogP contribution < -0.4 is 0 Å². The number of thiophene rings is 1. The van der Waals surface area contributed by atoms with Gasteiger partial charge >= 0.3 is 0 Å². The van der Waals surface area contributed by atoms with Crippen LogP contribution in [0.1, 0.15) is 31.1 Å². The summed E-state index contributed by atoms with van der Waals surface area (Å²) < 4.78 is 6.57.